The predicted molar refractivity (Wildman–Crippen MR) is 53.1 cm³/mol. The summed E-state index contributed by atoms with van der Waals surface area (Å²) in [6.45, 7) is 0. The number of aromatic nitrogens is 1. The van der Waals surface area contributed by atoms with Gasteiger partial charge in [0.1, 0.15) is 5.52 Å². The lowest BCUT2D eigenvalue weighted by Crippen LogP contribution is -2.25. The molecule has 6 heteroatoms. The minimum atomic E-state index is -0.976. The van der Waals surface area contributed by atoms with E-state index in [0.29, 0.717) is 5.02 Å². The first-order chi connectivity index (χ1) is 6.58. The first kappa shape index (κ1) is 9.30. The Bertz CT molecular complexity index is 614. The summed E-state index contributed by atoms with van der Waals surface area (Å²) in [5, 5.41) is 0.561. The fraction of sp³-hybridized carbons (Fsp3) is 0. The summed E-state index contributed by atoms with van der Waals surface area (Å²) in [4.78, 5) is 24.1. The van der Waals surface area contributed by atoms with Crippen LogP contribution in [0.15, 0.2) is 26.1 Å². The van der Waals surface area contributed by atoms with Crippen molar-refractivity contribution >= 4 is 34.3 Å². The molecule has 0 spiro atoms. The molecule has 0 aliphatic rings. The first-order valence-corrected chi connectivity index (χ1v) is 4.36. The molecule has 0 aliphatic carbocycles. The van der Waals surface area contributed by atoms with Crippen molar-refractivity contribution in [3.8, 4) is 0 Å². The molecule has 72 valence electrons. The molecule has 0 saturated heterocycles. The maximum absolute atomic E-state index is 10.9. The molecule has 0 aliphatic heterocycles. The third-order valence-corrected chi connectivity index (χ3v) is 2.16. The van der Waals surface area contributed by atoms with Crippen LogP contribution >= 0.6 is 23.2 Å². The second-order valence-electron chi connectivity index (χ2n) is 2.60. The zero-order valence-electron chi connectivity index (χ0n) is 6.64. The number of H-pyrrole nitrogens is 1. The number of fused-ring (bicyclic) bond motifs is 1. The molecule has 4 nitrogen and oxygen atoms in total. The highest BCUT2D eigenvalue weighted by molar-refractivity contribution is 6.38. The van der Waals surface area contributed by atoms with Crippen LogP contribution in [0.3, 0.4) is 0 Å². The zero-order chi connectivity index (χ0) is 10.3. The third kappa shape index (κ3) is 1.42. The van der Waals surface area contributed by atoms with Crippen LogP contribution in [0.25, 0.3) is 11.1 Å². The summed E-state index contributed by atoms with van der Waals surface area (Å²) >= 11 is 11.4. The second-order valence-corrected chi connectivity index (χ2v) is 3.45. The molecule has 1 aromatic heterocycles. The minimum absolute atomic E-state index is 0.159. The maximum atomic E-state index is 10.9. The van der Waals surface area contributed by atoms with Gasteiger partial charge in [0.25, 0.3) is 0 Å². The Morgan fingerprint density at radius 1 is 1.21 bits per heavy atom. The van der Waals surface area contributed by atoms with Gasteiger partial charge in [0.15, 0.2) is 5.58 Å². The second kappa shape index (κ2) is 3.15. The first-order valence-electron chi connectivity index (χ1n) is 3.60. The van der Waals surface area contributed by atoms with Crippen LogP contribution in [0, 0.1) is 0 Å². The standard InChI is InChI=1S/C8H3Cl2NO3/c9-3-1-4(10)6-5(2-3)14-8(13)7(12)11-6/h1-2H,(H,11,12). The molecule has 2 rings (SSSR count). The Morgan fingerprint density at radius 3 is 2.64 bits per heavy atom. The molecule has 0 amide bonds. The summed E-state index contributed by atoms with van der Waals surface area (Å²) in [6, 6.07) is 2.85. The van der Waals surface area contributed by atoms with E-state index in [1.807, 2.05) is 0 Å². The number of hydrogen-bond acceptors (Lipinski definition) is 3. The molecule has 0 atom stereocenters. The van der Waals surface area contributed by atoms with E-state index in [9.17, 15) is 9.59 Å². The van der Waals surface area contributed by atoms with Gasteiger partial charge in [-0.05, 0) is 6.07 Å². The fourth-order valence-electron chi connectivity index (χ4n) is 1.06. The van der Waals surface area contributed by atoms with Crippen LogP contribution in [0.4, 0.5) is 0 Å². The van der Waals surface area contributed by atoms with Gasteiger partial charge in [-0.3, -0.25) is 4.79 Å². The van der Waals surface area contributed by atoms with E-state index < -0.39 is 11.2 Å². The molecule has 1 heterocycles. The Morgan fingerprint density at radius 2 is 1.93 bits per heavy atom. The smallest absolute Gasteiger partial charge is 0.402 e. The van der Waals surface area contributed by atoms with E-state index in [4.69, 9.17) is 23.2 Å². The number of halogens is 2. The lowest BCUT2D eigenvalue weighted by Gasteiger charge is -1.98. The van der Waals surface area contributed by atoms with Crippen molar-refractivity contribution in [3.05, 3.63) is 43.0 Å². The Hall–Kier alpha value is -1.26. The maximum Gasteiger partial charge on any atom is 0.402 e. The average molecular weight is 232 g/mol. The molecule has 1 aromatic carbocycles. The van der Waals surface area contributed by atoms with Crippen molar-refractivity contribution in [1.29, 1.82) is 0 Å². The fourth-order valence-corrected chi connectivity index (χ4v) is 1.58. The van der Waals surface area contributed by atoms with E-state index in [1.54, 1.807) is 0 Å². The quantitative estimate of drug-likeness (QED) is 0.704. The molecule has 1 N–H and O–H groups in total. The van der Waals surface area contributed by atoms with E-state index in [0.717, 1.165) is 0 Å². The van der Waals surface area contributed by atoms with Crippen molar-refractivity contribution in [3.63, 3.8) is 0 Å². The van der Waals surface area contributed by atoms with Gasteiger partial charge in [0.05, 0.1) is 5.02 Å². The minimum Gasteiger partial charge on any atom is -0.417 e. The summed E-state index contributed by atoms with van der Waals surface area (Å²) in [5.74, 6) is 0. The number of rotatable bonds is 0. The van der Waals surface area contributed by atoms with Gasteiger partial charge in [-0.25, -0.2) is 4.79 Å². The van der Waals surface area contributed by atoms with E-state index in [1.165, 1.54) is 12.1 Å². The Labute approximate surface area is 87.1 Å². The number of benzene rings is 1. The monoisotopic (exact) mass is 231 g/mol. The summed E-state index contributed by atoms with van der Waals surface area (Å²) in [7, 11) is 0. The van der Waals surface area contributed by atoms with Gasteiger partial charge >= 0.3 is 11.2 Å². The van der Waals surface area contributed by atoms with E-state index >= 15 is 0 Å². The van der Waals surface area contributed by atoms with Gasteiger partial charge in [-0.15, -0.1) is 0 Å². The van der Waals surface area contributed by atoms with Crippen LogP contribution in [-0.2, 0) is 0 Å². The molecule has 2 aromatic rings. The average Bonchev–Trinajstić information content (AvgIpc) is 2.08. The van der Waals surface area contributed by atoms with Gasteiger partial charge in [-0.1, -0.05) is 23.2 Å². The molecule has 0 unspecified atom stereocenters. The van der Waals surface area contributed by atoms with Gasteiger partial charge in [0.2, 0.25) is 0 Å². The van der Waals surface area contributed by atoms with Crippen LogP contribution < -0.4 is 11.2 Å². The third-order valence-electron chi connectivity index (χ3n) is 1.65. The molecule has 14 heavy (non-hydrogen) atoms. The van der Waals surface area contributed by atoms with Crippen molar-refractivity contribution in [1.82, 2.24) is 4.98 Å². The van der Waals surface area contributed by atoms with Crippen molar-refractivity contribution < 1.29 is 4.42 Å². The van der Waals surface area contributed by atoms with Crippen LogP contribution in [0.2, 0.25) is 10.0 Å². The summed E-state index contributed by atoms with van der Waals surface area (Å²) < 4.78 is 4.69. The van der Waals surface area contributed by atoms with Gasteiger partial charge < -0.3 is 9.40 Å². The summed E-state index contributed by atoms with van der Waals surface area (Å²) in [5.41, 5.74) is -1.40. The molecule has 0 bridgehead atoms. The lowest BCUT2D eigenvalue weighted by molar-refractivity contribution is 0.546. The van der Waals surface area contributed by atoms with E-state index in [2.05, 4.69) is 9.40 Å². The van der Waals surface area contributed by atoms with Crippen LogP contribution in [0.5, 0.6) is 0 Å². The molecule has 0 saturated carbocycles. The lowest BCUT2D eigenvalue weighted by atomic mass is 10.3. The number of hydrogen-bond donors (Lipinski definition) is 1. The number of aromatic amines is 1. The van der Waals surface area contributed by atoms with Crippen LogP contribution in [0.1, 0.15) is 0 Å². The largest absolute Gasteiger partial charge is 0.417 e. The Kier molecular flexibility index (Phi) is 2.09. The van der Waals surface area contributed by atoms with Gasteiger partial charge in [-0.2, -0.15) is 0 Å². The topological polar surface area (TPSA) is 63.1 Å². The van der Waals surface area contributed by atoms with Crippen molar-refractivity contribution in [2.45, 2.75) is 0 Å². The predicted octanol–water partition coefficient (Wildman–Crippen LogP) is 1.79. The normalized spacial score (nSPS) is 10.7. The molecular weight excluding hydrogens is 229 g/mol. The van der Waals surface area contributed by atoms with Crippen molar-refractivity contribution in [2.75, 3.05) is 0 Å². The highest BCUT2D eigenvalue weighted by Gasteiger charge is 2.06. The molecule has 0 radical (unpaired) electrons. The highest BCUT2D eigenvalue weighted by atomic mass is 35.5. The summed E-state index contributed by atoms with van der Waals surface area (Å²) in [6.07, 6.45) is 0. The zero-order valence-corrected chi connectivity index (χ0v) is 8.15. The van der Waals surface area contributed by atoms with E-state index in [-0.39, 0.29) is 16.1 Å². The van der Waals surface area contributed by atoms with Crippen LogP contribution in [-0.4, -0.2) is 4.98 Å². The molecular formula is C8H3Cl2NO3. The highest BCUT2D eigenvalue weighted by Crippen LogP contribution is 2.24. The SMILES string of the molecule is O=c1[nH]c2c(Cl)cc(Cl)cc2oc1=O. The Balaban J connectivity index is 3.03. The van der Waals surface area contributed by atoms with Crippen molar-refractivity contribution in [2.24, 2.45) is 0 Å². The molecule has 0 fully saturated rings. The number of nitrogens with one attached hydrogen (secondary N) is 1. The van der Waals surface area contributed by atoms with Gasteiger partial charge in [0, 0.05) is 11.1 Å².